The number of nitrogens with two attached hydrogens (primary N) is 1. The normalized spacial score (nSPS) is 13.1. The molecule has 1 aliphatic heterocycles. The molecule has 3 heterocycles. The Bertz CT molecular complexity index is 1550. The van der Waals surface area contributed by atoms with Crippen molar-refractivity contribution in [2.45, 2.75) is 33.7 Å². The molecule has 0 aliphatic carbocycles. The van der Waals surface area contributed by atoms with E-state index >= 15 is 0 Å². The fraction of sp³-hybridized carbons (Fsp3) is 0.276. The molecule has 2 N–H and O–H groups in total. The largest absolute Gasteiger partial charge is 0.364 e. The number of hydrogen-bond donors (Lipinski definition) is 1. The van der Waals surface area contributed by atoms with E-state index in [9.17, 15) is 14.4 Å². The first kappa shape index (κ1) is 25.9. The smallest absolute Gasteiger partial charge is 0.277 e. The molecule has 0 saturated carbocycles. The van der Waals surface area contributed by atoms with Crippen molar-refractivity contribution in [3.05, 3.63) is 89.3 Å². The van der Waals surface area contributed by atoms with E-state index in [4.69, 9.17) is 5.73 Å². The van der Waals surface area contributed by atoms with E-state index in [1.807, 2.05) is 80.1 Å². The summed E-state index contributed by atoms with van der Waals surface area (Å²) < 4.78 is 3.44. The van der Waals surface area contributed by atoms with Crippen molar-refractivity contribution in [1.29, 1.82) is 0 Å². The zero-order chi connectivity index (χ0) is 27.8. The average molecular weight is 526 g/mol. The molecule has 10 heteroatoms. The van der Waals surface area contributed by atoms with Gasteiger partial charge in [0.1, 0.15) is 11.5 Å². The second kappa shape index (κ2) is 10.2. The van der Waals surface area contributed by atoms with Crippen LogP contribution in [-0.4, -0.2) is 55.5 Å². The Morgan fingerprint density at radius 1 is 1.03 bits per heavy atom. The molecule has 200 valence electrons. The van der Waals surface area contributed by atoms with Crippen LogP contribution in [0.4, 0.5) is 5.69 Å². The van der Waals surface area contributed by atoms with E-state index in [2.05, 4.69) is 10.1 Å². The number of aromatic nitrogens is 4. The van der Waals surface area contributed by atoms with Gasteiger partial charge in [-0.05, 0) is 49.7 Å². The molecule has 39 heavy (non-hydrogen) atoms. The van der Waals surface area contributed by atoms with Gasteiger partial charge in [0.2, 0.25) is 5.91 Å². The summed E-state index contributed by atoms with van der Waals surface area (Å²) in [7, 11) is 1.77. The molecule has 0 unspecified atom stereocenters. The molecule has 0 spiro atoms. The zero-order valence-electron chi connectivity index (χ0n) is 22.5. The first-order valence-electron chi connectivity index (χ1n) is 12.8. The Morgan fingerprint density at radius 2 is 1.67 bits per heavy atom. The van der Waals surface area contributed by atoms with Crippen LogP contribution in [0.5, 0.6) is 0 Å². The Morgan fingerprint density at radius 3 is 2.31 bits per heavy atom. The van der Waals surface area contributed by atoms with Gasteiger partial charge < -0.3 is 20.1 Å². The van der Waals surface area contributed by atoms with E-state index in [0.717, 1.165) is 22.8 Å². The third-order valence-electron chi connectivity index (χ3n) is 6.93. The van der Waals surface area contributed by atoms with Crippen LogP contribution in [0.25, 0.3) is 11.4 Å². The summed E-state index contributed by atoms with van der Waals surface area (Å²) in [5, 5.41) is 4.43. The number of nitrogens with zero attached hydrogens (tertiary/aromatic N) is 6. The number of anilines is 1. The third-order valence-corrected chi connectivity index (χ3v) is 6.93. The lowest BCUT2D eigenvalue weighted by Gasteiger charge is -2.28. The zero-order valence-corrected chi connectivity index (χ0v) is 22.5. The van der Waals surface area contributed by atoms with E-state index in [1.165, 1.54) is 4.68 Å². The number of benzene rings is 2. The molecule has 2 aromatic heterocycles. The summed E-state index contributed by atoms with van der Waals surface area (Å²) in [6.45, 7) is 6.49. The minimum atomic E-state index is -0.653. The molecular formula is C29H31N7O3. The lowest BCUT2D eigenvalue weighted by atomic mass is 10.0. The predicted molar refractivity (Wildman–Crippen MR) is 147 cm³/mol. The van der Waals surface area contributed by atoms with Crippen molar-refractivity contribution in [2.75, 3.05) is 18.5 Å². The van der Waals surface area contributed by atoms with Gasteiger partial charge in [0.05, 0.1) is 12.2 Å². The van der Waals surface area contributed by atoms with Crippen LogP contribution in [0.15, 0.2) is 60.9 Å². The van der Waals surface area contributed by atoms with Crippen molar-refractivity contribution in [3.8, 4) is 11.4 Å². The lowest BCUT2D eigenvalue weighted by Crippen LogP contribution is -2.39. The van der Waals surface area contributed by atoms with Gasteiger partial charge in [-0.3, -0.25) is 14.4 Å². The molecule has 4 aromatic rings. The van der Waals surface area contributed by atoms with Crippen molar-refractivity contribution < 1.29 is 14.4 Å². The molecule has 5 rings (SSSR count). The number of carbonyl (C=O) groups is 3. The van der Waals surface area contributed by atoms with Crippen molar-refractivity contribution in [3.63, 3.8) is 0 Å². The maximum atomic E-state index is 13.8. The van der Waals surface area contributed by atoms with Gasteiger partial charge in [0.25, 0.3) is 11.8 Å². The highest BCUT2D eigenvalue weighted by atomic mass is 16.2. The molecular weight excluding hydrogens is 494 g/mol. The summed E-state index contributed by atoms with van der Waals surface area (Å²) in [6, 6.07) is 15.2. The monoisotopic (exact) mass is 525 g/mol. The van der Waals surface area contributed by atoms with Crippen LogP contribution in [0.3, 0.4) is 0 Å². The van der Waals surface area contributed by atoms with Gasteiger partial charge in [0.15, 0.2) is 5.69 Å². The summed E-state index contributed by atoms with van der Waals surface area (Å²) in [6.07, 6.45) is 4.01. The number of aryl methyl sites for hydroxylation is 1. The van der Waals surface area contributed by atoms with Crippen LogP contribution in [0.1, 0.15) is 51.8 Å². The lowest BCUT2D eigenvalue weighted by molar-refractivity contribution is -0.133. The topological polar surface area (TPSA) is 119 Å². The van der Waals surface area contributed by atoms with Crippen molar-refractivity contribution in [1.82, 2.24) is 24.2 Å². The highest BCUT2D eigenvalue weighted by Gasteiger charge is 2.34. The highest BCUT2D eigenvalue weighted by molar-refractivity contribution is 6.09. The van der Waals surface area contributed by atoms with Crippen LogP contribution < -0.4 is 10.6 Å². The SMILES string of the molecule is Cc1ccc(-n2nc(C(N)=O)c3c2C(=O)N(c2ccc(-n4ccnc4CN(C)C(=O)C(C)C)cc2)CC3)cc1. The Balaban J connectivity index is 1.43. The number of imidazole rings is 1. The number of hydrogen-bond acceptors (Lipinski definition) is 5. The molecule has 1 aliphatic rings. The minimum absolute atomic E-state index is 0.0484. The highest BCUT2D eigenvalue weighted by Crippen LogP contribution is 2.29. The molecule has 0 radical (unpaired) electrons. The van der Waals surface area contributed by atoms with Crippen LogP contribution >= 0.6 is 0 Å². The maximum absolute atomic E-state index is 13.8. The predicted octanol–water partition coefficient (Wildman–Crippen LogP) is 3.28. The summed E-state index contributed by atoms with van der Waals surface area (Å²) in [5.74, 6) is -0.214. The summed E-state index contributed by atoms with van der Waals surface area (Å²) >= 11 is 0. The molecule has 0 fully saturated rings. The average Bonchev–Trinajstić information content (AvgIpc) is 3.54. The fourth-order valence-corrected chi connectivity index (χ4v) is 4.89. The van der Waals surface area contributed by atoms with Crippen LogP contribution in [0.2, 0.25) is 0 Å². The van der Waals surface area contributed by atoms with Gasteiger partial charge in [-0.25, -0.2) is 9.67 Å². The van der Waals surface area contributed by atoms with Gasteiger partial charge in [0, 0.05) is 48.8 Å². The number of fused-ring (bicyclic) bond motifs is 1. The summed E-state index contributed by atoms with van der Waals surface area (Å²) in [5.41, 5.74) is 10.00. The molecule has 3 amide bonds. The van der Waals surface area contributed by atoms with E-state index in [1.54, 1.807) is 23.0 Å². The van der Waals surface area contributed by atoms with Crippen LogP contribution in [0, 0.1) is 12.8 Å². The van der Waals surface area contributed by atoms with Gasteiger partial charge in [-0.2, -0.15) is 5.10 Å². The number of rotatable bonds is 7. The van der Waals surface area contributed by atoms with Gasteiger partial charge in [-0.15, -0.1) is 0 Å². The molecule has 0 bridgehead atoms. The van der Waals surface area contributed by atoms with E-state index in [-0.39, 0.29) is 23.4 Å². The molecule has 10 nitrogen and oxygen atoms in total. The quantitative estimate of drug-likeness (QED) is 0.397. The second-order valence-corrected chi connectivity index (χ2v) is 10.1. The van der Waals surface area contributed by atoms with Gasteiger partial charge in [-0.1, -0.05) is 31.5 Å². The molecule has 2 aromatic carbocycles. The maximum Gasteiger partial charge on any atom is 0.277 e. The number of primary amides is 1. The summed E-state index contributed by atoms with van der Waals surface area (Å²) in [4.78, 5) is 46.1. The van der Waals surface area contributed by atoms with Crippen molar-refractivity contribution in [2.24, 2.45) is 11.7 Å². The van der Waals surface area contributed by atoms with Gasteiger partial charge >= 0.3 is 0 Å². The minimum Gasteiger partial charge on any atom is -0.364 e. The first-order valence-corrected chi connectivity index (χ1v) is 12.8. The Labute approximate surface area is 226 Å². The van der Waals surface area contributed by atoms with E-state index < -0.39 is 5.91 Å². The third kappa shape index (κ3) is 4.81. The number of amides is 3. The van der Waals surface area contributed by atoms with Crippen LogP contribution in [-0.2, 0) is 17.8 Å². The Kier molecular flexibility index (Phi) is 6.78. The Hall–Kier alpha value is -4.73. The fourth-order valence-electron chi connectivity index (χ4n) is 4.89. The first-order chi connectivity index (χ1) is 18.7. The molecule has 0 saturated heterocycles. The standard InChI is InChI=1S/C29H31N7O3/c1-18(2)28(38)33(4)17-24-31-14-16-34(24)20-9-11-21(12-10-20)35-15-13-23-25(27(30)37)32-36(26(23)29(35)39)22-7-5-19(3)6-8-22/h5-12,14,16,18H,13,15,17H2,1-4H3,(H2,30,37). The second-order valence-electron chi connectivity index (χ2n) is 10.1. The molecule has 0 atom stereocenters. The van der Waals surface area contributed by atoms with Crippen molar-refractivity contribution >= 4 is 23.4 Å². The number of carbonyl (C=O) groups excluding carboxylic acids is 3. The van der Waals surface area contributed by atoms with E-state index in [0.29, 0.717) is 36.5 Å².